The molecule has 8 heteroatoms. The molecule has 24 heavy (non-hydrogen) atoms. The van der Waals surface area contributed by atoms with Crippen LogP contribution in [0, 0.1) is 5.92 Å². The second-order valence-corrected chi connectivity index (χ2v) is 8.21. The van der Waals surface area contributed by atoms with Gasteiger partial charge in [-0.3, -0.25) is 4.79 Å². The third-order valence-corrected chi connectivity index (χ3v) is 6.24. The van der Waals surface area contributed by atoms with E-state index in [0.29, 0.717) is 9.00 Å². The third-order valence-electron chi connectivity index (χ3n) is 4.32. The molecule has 0 radical (unpaired) electrons. The van der Waals surface area contributed by atoms with Gasteiger partial charge >= 0.3 is 5.69 Å². The van der Waals surface area contributed by atoms with Gasteiger partial charge in [0.25, 0.3) is 10.0 Å². The monoisotopic (exact) mass is 368 g/mol. The maximum Gasteiger partial charge on any atom is 0.349 e. The van der Waals surface area contributed by atoms with E-state index < -0.39 is 15.7 Å². The first-order valence-electron chi connectivity index (χ1n) is 7.74. The molecular weight excluding hydrogens is 352 g/mol. The van der Waals surface area contributed by atoms with Crippen LogP contribution >= 0.6 is 11.6 Å². The molecular formula is C16H17ClN2O4S. The minimum Gasteiger partial charge on any atom is -0.274 e. The normalized spacial score (nSPS) is 15.7. The zero-order valence-corrected chi connectivity index (χ0v) is 14.5. The quantitative estimate of drug-likeness (QED) is 0.831. The summed E-state index contributed by atoms with van der Waals surface area (Å²) in [5.41, 5.74) is -0.868. The molecule has 128 valence electrons. The molecule has 3 rings (SSSR count). The molecule has 0 spiro atoms. The van der Waals surface area contributed by atoms with Crippen molar-refractivity contribution in [1.82, 2.24) is 8.54 Å². The number of imidazole rings is 1. The van der Waals surface area contributed by atoms with Crippen LogP contribution in [0.5, 0.6) is 0 Å². The van der Waals surface area contributed by atoms with E-state index in [1.54, 1.807) is 0 Å². The van der Waals surface area contributed by atoms with E-state index in [1.807, 2.05) is 0 Å². The average molecular weight is 369 g/mol. The predicted octanol–water partition coefficient (Wildman–Crippen LogP) is 2.76. The van der Waals surface area contributed by atoms with E-state index in [9.17, 15) is 18.0 Å². The number of hydrogen-bond donors (Lipinski definition) is 0. The van der Waals surface area contributed by atoms with E-state index in [4.69, 9.17) is 11.6 Å². The fraction of sp³-hybridized carbons (Fsp3) is 0.375. The highest BCUT2D eigenvalue weighted by molar-refractivity contribution is 7.90. The van der Waals surface area contributed by atoms with Gasteiger partial charge in [-0.15, -0.1) is 0 Å². The molecule has 0 amide bonds. The highest BCUT2D eigenvalue weighted by Crippen LogP contribution is 2.27. The van der Waals surface area contributed by atoms with Crippen LogP contribution in [-0.4, -0.2) is 22.9 Å². The van der Waals surface area contributed by atoms with Crippen LogP contribution in [0.2, 0.25) is 5.02 Å². The first-order chi connectivity index (χ1) is 11.4. The molecule has 0 bridgehead atoms. The summed E-state index contributed by atoms with van der Waals surface area (Å²) in [5, 5.41) is 0.394. The molecule has 1 aromatic heterocycles. The lowest BCUT2D eigenvalue weighted by molar-refractivity contribution is 0.0876. The Balaban J connectivity index is 1.90. The van der Waals surface area contributed by atoms with Gasteiger partial charge in [-0.25, -0.2) is 17.8 Å². The number of benzene rings is 1. The molecule has 0 saturated heterocycles. The van der Waals surface area contributed by atoms with Crippen LogP contribution in [0.1, 0.15) is 36.9 Å². The lowest BCUT2D eigenvalue weighted by Crippen LogP contribution is -2.32. The first kappa shape index (κ1) is 17.0. The molecule has 1 aromatic carbocycles. The average Bonchev–Trinajstić information content (AvgIpc) is 3.17. The van der Waals surface area contributed by atoms with Gasteiger partial charge in [0.2, 0.25) is 5.91 Å². The van der Waals surface area contributed by atoms with E-state index in [1.165, 1.54) is 30.5 Å². The Morgan fingerprint density at radius 2 is 1.75 bits per heavy atom. The first-order valence-corrected chi connectivity index (χ1v) is 9.56. The predicted molar refractivity (Wildman–Crippen MR) is 89.9 cm³/mol. The van der Waals surface area contributed by atoms with Crippen molar-refractivity contribution >= 4 is 27.5 Å². The van der Waals surface area contributed by atoms with Gasteiger partial charge in [-0.1, -0.05) is 24.4 Å². The van der Waals surface area contributed by atoms with Crippen LogP contribution in [0.25, 0.3) is 0 Å². The molecule has 1 heterocycles. The summed E-state index contributed by atoms with van der Waals surface area (Å²) in [5.74, 6) is -0.0856. The van der Waals surface area contributed by atoms with Crippen LogP contribution < -0.4 is 5.69 Å². The Labute approximate surface area is 144 Å². The van der Waals surface area contributed by atoms with Gasteiger partial charge in [0.05, 0.1) is 4.90 Å². The summed E-state index contributed by atoms with van der Waals surface area (Å²) in [4.78, 5) is 24.6. The zero-order chi connectivity index (χ0) is 17.3. The van der Waals surface area contributed by atoms with Crippen LogP contribution in [0.15, 0.2) is 46.3 Å². The minimum atomic E-state index is -4.05. The van der Waals surface area contributed by atoms with Gasteiger partial charge in [0.1, 0.15) is 0 Å². The Hall–Kier alpha value is -1.86. The van der Waals surface area contributed by atoms with Crippen molar-refractivity contribution in [1.29, 1.82) is 0 Å². The molecule has 6 nitrogen and oxygen atoms in total. The number of nitrogens with zero attached hydrogens (tertiary/aromatic N) is 2. The van der Waals surface area contributed by atoms with E-state index in [-0.39, 0.29) is 23.1 Å². The SMILES string of the molecule is O=C(CC1CCCC1)n1ccn(S(=O)(=O)c2ccc(Cl)cc2)c1=O. The van der Waals surface area contributed by atoms with Crippen molar-refractivity contribution in [2.45, 2.75) is 37.0 Å². The van der Waals surface area contributed by atoms with Crippen LogP contribution in [0.3, 0.4) is 0 Å². The van der Waals surface area contributed by atoms with Crippen molar-refractivity contribution in [3.63, 3.8) is 0 Å². The maximum absolute atomic E-state index is 12.5. The summed E-state index contributed by atoms with van der Waals surface area (Å²) < 4.78 is 26.6. The molecule has 1 aliphatic rings. The number of rotatable bonds is 4. The molecule has 0 aliphatic heterocycles. The molecule has 0 unspecified atom stereocenters. The van der Waals surface area contributed by atoms with E-state index in [2.05, 4.69) is 0 Å². The molecule has 0 atom stereocenters. The lowest BCUT2D eigenvalue weighted by atomic mass is 10.0. The third kappa shape index (κ3) is 3.18. The van der Waals surface area contributed by atoms with Crippen LogP contribution in [-0.2, 0) is 10.0 Å². The molecule has 0 N–H and O–H groups in total. The Bertz CT molecular complexity index is 906. The summed E-state index contributed by atoms with van der Waals surface area (Å²) in [7, 11) is -4.05. The fourth-order valence-corrected chi connectivity index (χ4v) is 4.35. The van der Waals surface area contributed by atoms with Gasteiger partial charge in [0, 0.05) is 23.8 Å². The standard InChI is InChI=1S/C16H17ClN2O4S/c17-13-5-7-14(8-6-13)24(22,23)19-10-9-18(16(19)21)15(20)11-12-3-1-2-4-12/h5-10,12H,1-4,11H2. The number of hydrogen-bond acceptors (Lipinski definition) is 4. The maximum atomic E-state index is 12.5. The van der Waals surface area contributed by atoms with Gasteiger partial charge in [0.15, 0.2) is 0 Å². The highest BCUT2D eigenvalue weighted by Gasteiger charge is 2.24. The minimum absolute atomic E-state index is 0.0602. The second-order valence-electron chi connectivity index (χ2n) is 5.95. The van der Waals surface area contributed by atoms with Gasteiger partial charge in [-0.2, -0.15) is 3.97 Å². The molecule has 2 aromatic rings. The lowest BCUT2D eigenvalue weighted by Gasteiger charge is -2.07. The van der Waals surface area contributed by atoms with Crippen molar-refractivity contribution < 1.29 is 13.2 Å². The number of carbonyl (C=O) groups excluding carboxylic acids is 1. The molecule has 1 aliphatic carbocycles. The number of halogens is 1. The number of aromatic nitrogens is 2. The van der Waals surface area contributed by atoms with Crippen molar-refractivity contribution in [2.24, 2.45) is 5.92 Å². The Kier molecular flexibility index (Phi) is 4.64. The zero-order valence-electron chi connectivity index (χ0n) is 12.9. The largest absolute Gasteiger partial charge is 0.349 e. The van der Waals surface area contributed by atoms with E-state index in [0.717, 1.165) is 36.4 Å². The summed E-state index contributed by atoms with van der Waals surface area (Å²) in [6.07, 6.45) is 6.74. The van der Waals surface area contributed by atoms with Crippen LogP contribution in [0.4, 0.5) is 0 Å². The molecule has 1 fully saturated rings. The van der Waals surface area contributed by atoms with Crippen molar-refractivity contribution in [3.8, 4) is 0 Å². The fourth-order valence-electron chi connectivity index (χ4n) is 3.01. The molecule has 1 saturated carbocycles. The summed E-state index contributed by atoms with van der Waals surface area (Å²) in [6.45, 7) is 0. The van der Waals surface area contributed by atoms with Crippen molar-refractivity contribution in [2.75, 3.05) is 0 Å². The smallest absolute Gasteiger partial charge is 0.274 e. The Morgan fingerprint density at radius 1 is 1.12 bits per heavy atom. The van der Waals surface area contributed by atoms with Gasteiger partial charge in [-0.05, 0) is 43.0 Å². The van der Waals surface area contributed by atoms with Crippen molar-refractivity contribution in [3.05, 3.63) is 52.2 Å². The summed E-state index contributed by atoms with van der Waals surface area (Å²) >= 11 is 5.75. The highest BCUT2D eigenvalue weighted by atomic mass is 35.5. The second kappa shape index (κ2) is 6.57. The number of carbonyl (C=O) groups is 1. The van der Waals surface area contributed by atoms with E-state index >= 15 is 0 Å². The Morgan fingerprint density at radius 3 is 2.38 bits per heavy atom. The van der Waals surface area contributed by atoms with Gasteiger partial charge < -0.3 is 0 Å². The topological polar surface area (TPSA) is 78.1 Å². The summed E-state index contributed by atoms with van der Waals surface area (Å²) in [6, 6.07) is 5.51.